The van der Waals surface area contributed by atoms with Crippen LogP contribution in [-0.2, 0) is 15.0 Å². The number of piperidine rings is 1. The number of carbonyl (C=O) groups is 1. The molecule has 116 valence electrons. The normalized spacial score (nSPS) is 17.6. The molecule has 0 radical (unpaired) electrons. The topological polar surface area (TPSA) is 125 Å². The maximum atomic E-state index is 12.2. The van der Waals surface area contributed by atoms with Crippen LogP contribution in [-0.4, -0.2) is 52.1 Å². The van der Waals surface area contributed by atoms with Crippen molar-refractivity contribution in [1.82, 2.24) is 19.5 Å². The standard InChI is InChI=1S/C11H17N5O4S/c1-7-8(2)13-14-11(12-7)15-21(19,20)16-5-3-9(4-6-16)10(17)18/h9H,3-6H2,1-2H3,(H,17,18)(H,12,14,15). The lowest BCUT2D eigenvalue weighted by molar-refractivity contribution is -0.142. The Morgan fingerprint density at radius 2 is 1.86 bits per heavy atom. The molecule has 2 N–H and O–H groups in total. The predicted molar refractivity (Wildman–Crippen MR) is 73.8 cm³/mol. The van der Waals surface area contributed by atoms with Crippen LogP contribution in [0.5, 0.6) is 0 Å². The highest BCUT2D eigenvalue weighted by Gasteiger charge is 2.31. The Morgan fingerprint density at radius 3 is 2.38 bits per heavy atom. The van der Waals surface area contributed by atoms with Gasteiger partial charge in [-0.15, -0.1) is 5.10 Å². The van der Waals surface area contributed by atoms with Gasteiger partial charge < -0.3 is 5.11 Å². The van der Waals surface area contributed by atoms with Gasteiger partial charge in [0.1, 0.15) is 0 Å². The molecule has 2 rings (SSSR count). The summed E-state index contributed by atoms with van der Waals surface area (Å²) in [7, 11) is -3.79. The molecule has 0 spiro atoms. The second-order valence-electron chi connectivity index (χ2n) is 4.92. The van der Waals surface area contributed by atoms with E-state index in [4.69, 9.17) is 5.11 Å². The Bertz CT molecular complexity index is 640. The fourth-order valence-electron chi connectivity index (χ4n) is 2.02. The first-order chi connectivity index (χ1) is 9.79. The molecule has 0 unspecified atom stereocenters. The summed E-state index contributed by atoms with van der Waals surface area (Å²) in [6.45, 7) is 3.75. The van der Waals surface area contributed by atoms with Crippen molar-refractivity contribution in [3.63, 3.8) is 0 Å². The van der Waals surface area contributed by atoms with Crippen molar-refractivity contribution in [3.8, 4) is 0 Å². The van der Waals surface area contributed by atoms with E-state index < -0.39 is 22.1 Å². The van der Waals surface area contributed by atoms with Crippen LogP contribution in [0.3, 0.4) is 0 Å². The number of carboxylic acids is 1. The first kappa shape index (κ1) is 15.6. The molecule has 1 aliphatic heterocycles. The van der Waals surface area contributed by atoms with Crippen LogP contribution in [0.25, 0.3) is 0 Å². The number of anilines is 1. The molecule has 9 nitrogen and oxygen atoms in total. The number of hydrogen-bond donors (Lipinski definition) is 2. The van der Waals surface area contributed by atoms with E-state index in [1.165, 1.54) is 4.31 Å². The Morgan fingerprint density at radius 1 is 1.24 bits per heavy atom. The SMILES string of the molecule is Cc1nnc(NS(=O)(=O)N2CCC(C(=O)O)CC2)nc1C. The molecule has 0 aromatic carbocycles. The molecule has 1 fully saturated rings. The average Bonchev–Trinajstić information content (AvgIpc) is 2.43. The third-order valence-electron chi connectivity index (χ3n) is 3.46. The van der Waals surface area contributed by atoms with Crippen LogP contribution < -0.4 is 4.72 Å². The highest BCUT2D eigenvalue weighted by Crippen LogP contribution is 2.20. The van der Waals surface area contributed by atoms with Crippen molar-refractivity contribution in [2.75, 3.05) is 17.8 Å². The third kappa shape index (κ3) is 3.64. The molecule has 1 aromatic rings. The molecule has 1 saturated heterocycles. The maximum Gasteiger partial charge on any atom is 0.306 e. The van der Waals surface area contributed by atoms with Crippen molar-refractivity contribution in [3.05, 3.63) is 11.4 Å². The predicted octanol–water partition coefficient (Wildman–Crippen LogP) is -0.0583. The number of rotatable bonds is 4. The second-order valence-corrected chi connectivity index (χ2v) is 6.60. The van der Waals surface area contributed by atoms with E-state index in [1.807, 2.05) is 0 Å². The zero-order valence-electron chi connectivity index (χ0n) is 11.8. The fraction of sp³-hybridized carbons (Fsp3) is 0.636. The number of carboxylic acid groups (broad SMARTS) is 1. The first-order valence-corrected chi connectivity index (χ1v) is 7.92. The molecule has 0 atom stereocenters. The molecular formula is C11H17N5O4S. The molecule has 0 amide bonds. The molecule has 10 heteroatoms. The molecule has 1 aliphatic rings. The van der Waals surface area contributed by atoms with E-state index in [0.29, 0.717) is 24.2 Å². The van der Waals surface area contributed by atoms with Crippen molar-refractivity contribution in [2.45, 2.75) is 26.7 Å². The lowest BCUT2D eigenvalue weighted by atomic mass is 9.99. The van der Waals surface area contributed by atoms with Gasteiger partial charge in [0.05, 0.1) is 17.3 Å². The molecular weight excluding hydrogens is 298 g/mol. The van der Waals surface area contributed by atoms with Crippen LogP contribution >= 0.6 is 0 Å². The van der Waals surface area contributed by atoms with Crippen LogP contribution in [0.4, 0.5) is 5.95 Å². The number of hydrogen-bond acceptors (Lipinski definition) is 6. The van der Waals surface area contributed by atoms with E-state index in [-0.39, 0.29) is 19.0 Å². The zero-order chi connectivity index (χ0) is 15.6. The second kappa shape index (κ2) is 5.90. The first-order valence-electron chi connectivity index (χ1n) is 6.48. The van der Waals surface area contributed by atoms with Gasteiger partial charge >= 0.3 is 16.2 Å². The maximum absolute atomic E-state index is 12.2. The van der Waals surface area contributed by atoms with Crippen LogP contribution in [0.1, 0.15) is 24.2 Å². The van der Waals surface area contributed by atoms with Gasteiger partial charge in [-0.3, -0.25) is 4.79 Å². The molecule has 21 heavy (non-hydrogen) atoms. The summed E-state index contributed by atoms with van der Waals surface area (Å²) < 4.78 is 27.8. The van der Waals surface area contributed by atoms with Gasteiger partial charge in [0.2, 0.25) is 0 Å². The Balaban J connectivity index is 2.05. The highest BCUT2D eigenvalue weighted by molar-refractivity contribution is 7.90. The summed E-state index contributed by atoms with van der Waals surface area (Å²) in [5.41, 5.74) is 1.22. The van der Waals surface area contributed by atoms with Gasteiger partial charge in [-0.2, -0.15) is 17.8 Å². The van der Waals surface area contributed by atoms with Crippen molar-refractivity contribution in [2.24, 2.45) is 5.92 Å². The van der Waals surface area contributed by atoms with Crippen LogP contribution in [0, 0.1) is 19.8 Å². The minimum Gasteiger partial charge on any atom is -0.481 e. The number of nitrogens with one attached hydrogen (secondary N) is 1. The van der Waals surface area contributed by atoms with E-state index in [2.05, 4.69) is 19.9 Å². The molecule has 1 aromatic heterocycles. The quantitative estimate of drug-likeness (QED) is 0.797. The van der Waals surface area contributed by atoms with Crippen molar-refractivity contribution in [1.29, 1.82) is 0 Å². The highest BCUT2D eigenvalue weighted by atomic mass is 32.2. The summed E-state index contributed by atoms with van der Waals surface area (Å²) >= 11 is 0. The number of aryl methyl sites for hydroxylation is 2. The smallest absolute Gasteiger partial charge is 0.306 e. The number of aliphatic carboxylic acids is 1. The summed E-state index contributed by atoms with van der Waals surface area (Å²) in [5, 5.41) is 16.4. The summed E-state index contributed by atoms with van der Waals surface area (Å²) in [6.07, 6.45) is 0.588. The van der Waals surface area contributed by atoms with E-state index >= 15 is 0 Å². The number of aromatic nitrogens is 3. The molecule has 0 saturated carbocycles. The van der Waals surface area contributed by atoms with Crippen molar-refractivity contribution < 1.29 is 18.3 Å². The Labute approximate surface area is 122 Å². The molecule has 0 bridgehead atoms. The minimum absolute atomic E-state index is 0.0848. The Hall–Kier alpha value is -1.81. The van der Waals surface area contributed by atoms with Gasteiger partial charge in [-0.25, -0.2) is 9.71 Å². The average molecular weight is 315 g/mol. The fourth-order valence-corrected chi connectivity index (χ4v) is 3.16. The van der Waals surface area contributed by atoms with E-state index in [0.717, 1.165) is 0 Å². The third-order valence-corrected chi connectivity index (χ3v) is 4.94. The largest absolute Gasteiger partial charge is 0.481 e. The van der Waals surface area contributed by atoms with Gasteiger partial charge in [0.25, 0.3) is 5.95 Å². The van der Waals surface area contributed by atoms with Gasteiger partial charge in [0, 0.05) is 13.1 Å². The van der Waals surface area contributed by atoms with Crippen LogP contribution in [0.2, 0.25) is 0 Å². The summed E-state index contributed by atoms with van der Waals surface area (Å²) in [6, 6.07) is 0. The summed E-state index contributed by atoms with van der Waals surface area (Å²) in [4.78, 5) is 14.9. The summed E-state index contributed by atoms with van der Waals surface area (Å²) in [5.74, 6) is -1.46. The lowest BCUT2D eigenvalue weighted by Crippen LogP contribution is -2.43. The van der Waals surface area contributed by atoms with Crippen molar-refractivity contribution >= 4 is 22.1 Å². The lowest BCUT2D eigenvalue weighted by Gasteiger charge is -2.28. The Kier molecular flexibility index (Phi) is 4.37. The van der Waals surface area contributed by atoms with Gasteiger partial charge in [-0.05, 0) is 26.7 Å². The molecule has 2 heterocycles. The van der Waals surface area contributed by atoms with Gasteiger partial charge in [-0.1, -0.05) is 0 Å². The van der Waals surface area contributed by atoms with E-state index in [1.54, 1.807) is 13.8 Å². The monoisotopic (exact) mass is 315 g/mol. The zero-order valence-corrected chi connectivity index (χ0v) is 12.6. The molecule has 0 aliphatic carbocycles. The van der Waals surface area contributed by atoms with Crippen LogP contribution in [0.15, 0.2) is 0 Å². The minimum atomic E-state index is -3.79. The van der Waals surface area contributed by atoms with E-state index in [9.17, 15) is 13.2 Å². The van der Waals surface area contributed by atoms with Gasteiger partial charge in [0.15, 0.2) is 0 Å². The number of nitrogens with zero attached hydrogens (tertiary/aromatic N) is 4.